The van der Waals surface area contributed by atoms with Crippen molar-refractivity contribution in [1.29, 1.82) is 5.39 Å². The zero-order valence-electron chi connectivity index (χ0n) is 9.08. The molecule has 0 saturated carbocycles. The largest absolute Gasteiger partial charge is 0.505 e. The summed E-state index contributed by atoms with van der Waals surface area (Å²) in [4.78, 5) is 2.76. The van der Waals surface area contributed by atoms with Gasteiger partial charge in [0.15, 0.2) is 10.7 Å². The van der Waals surface area contributed by atoms with Crippen molar-refractivity contribution in [3.63, 3.8) is 0 Å². The van der Waals surface area contributed by atoms with E-state index in [1.54, 1.807) is 0 Å². The molecule has 0 unspecified atom stereocenters. The van der Waals surface area contributed by atoms with E-state index in [1.165, 1.54) is 32.1 Å². The highest BCUT2D eigenvalue weighted by atomic mass is 16.3. The van der Waals surface area contributed by atoms with Gasteiger partial charge >= 0.3 is 6.20 Å². The standard InChI is InChI=1S/C11H20N2O/c1-2-3-4-5-6-7-8-9-11(14)10-13-12/h10H,2-9H2,1H3/p+1/b11-10+. The van der Waals surface area contributed by atoms with Crippen LogP contribution in [0.3, 0.4) is 0 Å². The van der Waals surface area contributed by atoms with Crippen LogP contribution in [0.4, 0.5) is 0 Å². The highest BCUT2D eigenvalue weighted by molar-refractivity contribution is 4.94. The highest BCUT2D eigenvalue weighted by Crippen LogP contribution is 2.10. The van der Waals surface area contributed by atoms with Crippen LogP contribution in [0.2, 0.25) is 0 Å². The minimum Gasteiger partial charge on any atom is -0.505 e. The molecule has 0 atom stereocenters. The Kier molecular flexibility index (Phi) is 9.30. The summed E-state index contributed by atoms with van der Waals surface area (Å²) >= 11 is 0. The summed E-state index contributed by atoms with van der Waals surface area (Å²) < 4.78 is 0. The van der Waals surface area contributed by atoms with Crippen molar-refractivity contribution in [3.8, 4) is 0 Å². The Hall–Kier alpha value is -1.04. The predicted molar refractivity (Wildman–Crippen MR) is 58.4 cm³/mol. The molecular formula is C11H21N2O+. The summed E-state index contributed by atoms with van der Waals surface area (Å²) in [5.74, 6) is 0.168. The van der Waals surface area contributed by atoms with E-state index in [0.717, 1.165) is 19.0 Å². The average Bonchev–Trinajstić information content (AvgIpc) is 2.17. The Balaban J connectivity index is 3.14. The molecular weight excluding hydrogens is 176 g/mol. The fourth-order valence-electron chi connectivity index (χ4n) is 1.39. The van der Waals surface area contributed by atoms with E-state index >= 15 is 0 Å². The van der Waals surface area contributed by atoms with Crippen LogP contribution < -0.4 is 0 Å². The molecule has 0 aromatic carbocycles. The maximum absolute atomic E-state index is 9.10. The summed E-state index contributed by atoms with van der Waals surface area (Å²) in [5.41, 5.74) is 0. The van der Waals surface area contributed by atoms with Gasteiger partial charge in [0, 0.05) is 6.42 Å². The molecule has 0 aliphatic carbocycles. The van der Waals surface area contributed by atoms with Gasteiger partial charge in [0.25, 0.3) is 0 Å². The molecule has 0 aliphatic rings. The van der Waals surface area contributed by atoms with Gasteiger partial charge in [0.2, 0.25) is 5.39 Å². The van der Waals surface area contributed by atoms with Gasteiger partial charge in [-0.05, 0) is 6.42 Å². The molecule has 0 fully saturated rings. The number of unbranched alkanes of at least 4 members (excludes halogenated alkanes) is 6. The van der Waals surface area contributed by atoms with Crippen molar-refractivity contribution in [1.82, 2.24) is 0 Å². The lowest BCUT2D eigenvalue weighted by molar-refractivity contribution is 0.380. The fraction of sp³-hybridized carbons (Fsp3) is 0.818. The summed E-state index contributed by atoms with van der Waals surface area (Å²) in [5, 5.41) is 17.2. The van der Waals surface area contributed by atoms with Crippen molar-refractivity contribution in [3.05, 3.63) is 16.9 Å². The summed E-state index contributed by atoms with van der Waals surface area (Å²) in [6.07, 6.45) is 10.3. The Labute approximate surface area is 86.5 Å². The van der Waals surface area contributed by atoms with Gasteiger partial charge in [-0.25, -0.2) is 0 Å². The second-order valence-electron chi connectivity index (χ2n) is 3.61. The van der Waals surface area contributed by atoms with Crippen LogP contribution in [-0.2, 0) is 0 Å². The van der Waals surface area contributed by atoms with E-state index in [0.29, 0.717) is 6.42 Å². The SMILES string of the molecule is CCCCCCCCC/C(O)=C\[N+]#N. The fourth-order valence-corrected chi connectivity index (χ4v) is 1.39. The molecule has 0 spiro atoms. The quantitative estimate of drug-likeness (QED) is 0.356. The zero-order valence-corrected chi connectivity index (χ0v) is 9.08. The Morgan fingerprint density at radius 2 is 1.71 bits per heavy atom. The first-order valence-electron chi connectivity index (χ1n) is 5.53. The molecule has 0 bridgehead atoms. The maximum atomic E-state index is 9.10. The Morgan fingerprint density at radius 1 is 1.14 bits per heavy atom. The van der Waals surface area contributed by atoms with E-state index in [2.05, 4.69) is 11.9 Å². The van der Waals surface area contributed by atoms with Crippen LogP contribution in [0.1, 0.15) is 58.3 Å². The van der Waals surface area contributed by atoms with Gasteiger partial charge in [-0.3, -0.25) is 0 Å². The molecule has 0 amide bonds. The molecule has 14 heavy (non-hydrogen) atoms. The van der Waals surface area contributed by atoms with Crippen molar-refractivity contribution in [2.75, 3.05) is 0 Å². The molecule has 0 radical (unpaired) electrons. The minimum atomic E-state index is 0.168. The molecule has 0 aromatic rings. The van der Waals surface area contributed by atoms with Crippen molar-refractivity contribution in [2.45, 2.75) is 58.3 Å². The van der Waals surface area contributed by atoms with Crippen LogP contribution in [0.25, 0.3) is 4.98 Å². The molecule has 1 N–H and O–H groups in total. The van der Waals surface area contributed by atoms with Crippen LogP contribution >= 0.6 is 0 Å². The predicted octanol–water partition coefficient (Wildman–Crippen LogP) is 4.38. The summed E-state index contributed by atoms with van der Waals surface area (Å²) in [7, 11) is 0. The van der Waals surface area contributed by atoms with E-state index < -0.39 is 0 Å². The van der Waals surface area contributed by atoms with E-state index in [1.807, 2.05) is 0 Å². The second-order valence-corrected chi connectivity index (χ2v) is 3.61. The first kappa shape index (κ1) is 13.0. The van der Waals surface area contributed by atoms with E-state index in [4.69, 9.17) is 10.5 Å². The first-order valence-corrected chi connectivity index (χ1v) is 5.53. The molecule has 0 aliphatic heterocycles. The van der Waals surface area contributed by atoms with Crippen LogP contribution in [0, 0.1) is 5.39 Å². The van der Waals surface area contributed by atoms with Crippen LogP contribution in [-0.4, -0.2) is 5.11 Å². The molecule has 80 valence electrons. The van der Waals surface area contributed by atoms with E-state index in [9.17, 15) is 0 Å². The zero-order chi connectivity index (χ0) is 10.6. The molecule has 0 aromatic heterocycles. The monoisotopic (exact) mass is 197 g/mol. The van der Waals surface area contributed by atoms with Crippen molar-refractivity contribution in [2.24, 2.45) is 0 Å². The number of aliphatic hydroxyl groups excluding tert-OH is 1. The second kappa shape index (κ2) is 10.0. The number of hydrogen-bond donors (Lipinski definition) is 1. The lowest BCUT2D eigenvalue weighted by Crippen LogP contribution is -1.83. The average molecular weight is 197 g/mol. The lowest BCUT2D eigenvalue weighted by Gasteiger charge is -1.99. The third-order valence-corrected chi connectivity index (χ3v) is 2.24. The maximum Gasteiger partial charge on any atom is 0.387 e. The lowest BCUT2D eigenvalue weighted by atomic mass is 10.1. The van der Waals surface area contributed by atoms with Gasteiger partial charge in [-0.1, -0.05) is 45.4 Å². The molecule has 0 rings (SSSR count). The molecule has 3 heteroatoms. The highest BCUT2D eigenvalue weighted by Gasteiger charge is 1.98. The van der Waals surface area contributed by atoms with Crippen LogP contribution in [0.15, 0.2) is 12.0 Å². The number of aliphatic hydroxyl groups is 1. The summed E-state index contributed by atoms with van der Waals surface area (Å²) in [6, 6.07) is 0. The normalized spacial score (nSPS) is 11.3. The van der Waals surface area contributed by atoms with Gasteiger partial charge in [0.1, 0.15) is 0 Å². The van der Waals surface area contributed by atoms with Gasteiger partial charge in [-0.15, -0.1) is 0 Å². The minimum absolute atomic E-state index is 0.168. The van der Waals surface area contributed by atoms with Crippen molar-refractivity contribution < 1.29 is 5.11 Å². The number of nitrogens with zero attached hydrogens (tertiary/aromatic N) is 2. The van der Waals surface area contributed by atoms with Gasteiger partial charge in [0.05, 0.1) is 0 Å². The molecule has 3 nitrogen and oxygen atoms in total. The van der Waals surface area contributed by atoms with E-state index in [-0.39, 0.29) is 5.76 Å². The molecule has 0 heterocycles. The van der Waals surface area contributed by atoms with Crippen molar-refractivity contribution >= 4 is 0 Å². The van der Waals surface area contributed by atoms with Crippen LogP contribution in [0.5, 0.6) is 0 Å². The Bertz CT molecular complexity index is 194. The topological polar surface area (TPSA) is 48.4 Å². The number of diazo groups is 1. The molecule has 0 saturated heterocycles. The third kappa shape index (κ3) is 9.05. The Morgan fingerprint density at radius 3 is 2.29 bits per heavy atom. The third-order valence-electron chi connectivity index (χ3n) is 2.24. The number of rotatable bonds is 8. The number of allylic oxidation sites excluding steroid dienone is 1. The van der Waals surface area contributed by atoms with Gasteiger partial charge in [-0.2, -0.15) is 0 Å². The summed E-state index contributed by atoms with van der Waals surface area (Å²) in [6.45, 7) is 2.21. The number of hydrogen-bond acceptors (Lipinski definition) is 2. The van der Waals surface area contributed by atoms with Gasteiger partial charge < -0.3 is 5.11 Å². The first-order chi connectivity index (χ1) is 6.81. The smallest absolute Gasteiger partial charge is 0.387 e.